The molecular weight excluding hydrogens is 795 g/mol. The van der Waals surface area contributed by atoms with Crippen molar-refractivity contribution in [2.24, 2.45) is 28.3 Å². The van der Waals surface area contributed by atoms with Crippen LogP contribution >= 0.6 is 0 Å². The number of likely N-dealkylation sites (tertiary alicyclic amines) is 1. The summed E-state index contributed by atoms with van der Waals surface area (Å²) in [5.74, 6) is -6.43. The van der Waals surface area contributed by atoms with Gasteiger partial charge in [-0.15, -0.1) is 0 Å². The average Bonchev–Trinajstić information content (AvgIpc) is 3.70. The minimum absolute atomic E-state index is 0.102. The van der Waals surface area contributed by atoms with Crippen LogP contribution in [0.4, 0.5) is 0 Å². The van der Waals surface area contributed by atoms with Gasteiger partial charge in [-0.2, -0.15) is 0 Å². The highest BCUT2D eigenvalue weighted by Crippen LogP contribution is 2.20. The van der Waals surface area contributed by atoms with Gasteiger partial charge >= 0.3 is 0 Å². The van der Waals surface area contributed by atoms with Crippen LogP contribution in [0.15, 0.2) is 4.99 Å². The van der Waals surface area contributed by atoms with Crippen molar-refractivity contribution >= 4 is 53.2 Å². The van der Waals surface area contributed by atoms with Crippen molar-refractivity contribution in [3.05, 3.63) is 0 Å². The average molecular weight is 868 g/mol. The van der Waals surface area contributed by atoms with E-state index in [0.29, 0.717) is 51.6 Å². The van der Waals surface area contributed by atoms with Crippen LogP contribution in [-0.2, 0) is 38.4 Å². The van der Waals surface area contributed by atoms with Gasteiger partial charge in [0, 0.05) is 26.6 Å². The standard InChI is InChI=1S/C40H73N11O10/c1-10-16-26(46-37(59)32(24(8)53)50-36(58)30(22(6)12-3)49-38(60)31(23(7)52)45-25(9)54)33(55)48-29(21(5)11-2)35(57)47-27(17-14-19-44-40(41)42)39(61)51-20-15-18-28(51)34(56)43-13-4/h21-24,26-32,52-53H,10-20H2,1-9H3,(H,43,56)(H,45,54)(H,46,59)(H,47,57)(H,48,55)(H,49,60)(H,50,58)(H4,41,42,44)/t21-,22-,23+,24+,26-,27-,28-,29-,30+,31-,32-/m0/s1. The van der Waals surface area contributed by atoms with Gasteiger partial charge in [0.25, 0.3) is 0 Å². The second-order valence-corrected chi connectivity index (χ2v) is 15.8. The number of nitrogens with zero attached hydrogens (tertiary/aromatic N) is 2. The van der Waals surface area contributed by atoms with E-state index in [1.807, 2.05) is 6.92 Å². The van der Waals surface area contributed by atoms with E-state index in [4.69, 9.17) is 11.5 Å². The molecule has 21 heteroatoms. The quantitative estimate of drug-likeness (QED) is 0.0250. The zero-order valence-electron chi connectivity index (χ0n) is 37.3. The van der Waals surface area contributed by atoms with Gasteiger partial charge in [-0.25, -0.2) is 0 Å². The number of amides is 8. The lowest BCUT2D eigenvalue weighted by Crippen LogP contribution is -2.63. The number of hydrogen-bond donors (Lipinski definition) is 11. The van der Waals surface area contributed by atoms with Crippen LogP contribution in [0.3, 0.4) is 0 Å². The highest BCUT2D eigenvalue weighted by Gasteiger charge is 2.40. The van der Waals surface area contributed by atoms with E-state index in [9.17, 15) is 48.6 Å². The van der Waals surface area contributed by atoms with E-state index in [2.05, 4.69) is 42.2 Å². The van der Waals surface area contributed by atoms with Crippen LogP contribution in [0.5, 0.6) is 0 Å². The number of carbonyl (C=O) groups is 8. The third-order valence-electron chi connectivity index (χ3n) is 10.7. The monoisotopic (exact) mass is 868 g/mol. The molecule has 0 spiro atoms. The lowest BCUT2D eigenvalue weighted by molar-refractivity contribution is -0.142. The number of aliphatic imine (C=N–C) groups is 1. The summed E-state index contributed by atoms with van der Waals surface area (Å²) in [7, 11) is 0. The first-order chi connectivity index (χ1) is 28.6. The molecule has 1 saturated heterocycles. The van der Waals surface area contributed by atoms with Gasteiger partial charge in [-0.05, 0) is 64.7 Å². The molecule has 0 aromatic heterocycles. The minimum atomic E-state index is -1.60. The fourth-order valence-electron chi connectivity index (χ4n) is 6.81. The van der Waals surface area contributed by atoms with Crippen LogP contribution < -0.4 is 48.7 Å². The number of carbonyl (C=O) groups excluding carboxylic acids is 8. The summed E-state index contributed by atoms with van der Waals surface area (Å²) in [6.45, 7) is 15.1. The Morgan fingerprint density at radius 1 is 0.672 bits per heavy atom. The molecule has 11 atom stereocenters. The van der Waals surface area contributed by atoms with Gasteiger partial charge in [-0.3, -0.25) is 43.3 Å². The van der Waals surface area contributed by atoms with Crippen molar-refractivity contribution in [1.82, 2.24) is 42.1 Å². The molecule has 1 fully saturated rings. The second-order valence-electron chi connectivity index (χ2n) is 15.8. The molecule has 0 saturated carbocycles. The van der Waals surface area contributed by atoms with Gasteiger partial charge < -0.3 is 63.8 Å². The maximum Gasteiger partial charge on any atom is 0.245 e. The van der Waals surface area contributed by atoms with Crippen molar-refractivity contribution in [1.29, 1.82) is 0 Å². The fraction of sp³-hybridized carbons (Fsp3) is 0.775. The lowest BCUT2D eigenvalue weighted by atomic mass is 9.96. The molecule has 0 bridgehead atoms. The molecule has 348 valence electrons. The first-order valence-corrected chi connectivity index (χ1v) is 21.4. The molecule has 61 heavy (non-hydrogen) atoms. The number of hydrogen-bond acceptors (Lipinski definition) is 11. The molecule has 0 aromatic rings. The van der Waals surface area contributed by atoms with Crippen molar-refractivity contribution in [2.45, 2.75) is 168 Å². The first-order valence-electron chi connectivity index (χ1n) is 21.4. The Morgan fingerprint density at radius 3 is 1.64 bits per heavy atom. The molecule has 1 aliphatic rings. The summed E-state index contributed by atoms with van der Waals surface area (Å²) in [6.07, 6.45) is 0.0456. The highest BCUT2D eigenvalue weighted by molar-refractivity contribution is 5.98. The van der Waals surface area contributed by atoms with Gasteiger partial charge in [0.2, 0.25) is 47.3 Å². The molecule has 13 N–H and O–H groups in total. The van der Waals surface area contributed by atoms with E-state index in [0.717, 1.165) is 0 Å². The third-order valence-corrected chi connectivity index (χ3v) is 10.7. The van der Waals surface area contributed by atoms with Gasteiger partial charge in [0.1, 0.15) is 42.3 Å². The molecule has 0 aliphatic carbocycles. The minimum Gasteiger partial charge on any atom is -0.391 e. The van der Waals surface area contributed by atoms with Crippen molar-refractivity contribution < 1.29 is 48.6 Å². The van der Waals surface area contributed by atoms with Crippen LogP contribution in [-0.4, -0.2) is 142 Å². The van der Waals surface area contributed by atoms with Crippen molar-refractivity contribution in [3.8, 4) is 0 Å². The molecular formula is C40H73N11O10. The summed E-state index contributed by atoms with van der Waals surface area (Å²) in [4.78, 5) is 112. The number of aliphatic hydroxyl groups excluding tert-OH is 2. The fourth-order valence-corrected chi connectivity index (χ4v) is 6.81. The SMILES string of the molecule is CCC[C@H](NC(=O)[C@@H](NC(=O)[C@H](NC(=O)[C@@H](NC(C)=O)[C@@H](C)O)[C@@H](C)CC)[C@@H](C)O)C(=O)N[C@H](C(=O)N[C@@H](CCCN=C(N)N)C(=O)N1CCC[C@H]1C(=O)NCC)[C@@H](C)CC. The Labute approximate surface area is 359 Å². The number of rotatable bonds is 26. The second kappa shape index (κ2) is 27.0. The Bertz CT molecular complexity index is 1520. The molecule has 8 amide bonds. The lowest BCUT2D eigenvalue weighted by Gasteiger charge is -2.32. The maximum atomic E-state index is 14.1. The Hall–Kier alpha value is -5.05. The van der Waals surface area contributed by atoms with E-state index in [-0.39, 0.29) is 31.3 Å². The molecule has 0 radical (unpaired) electrons. The number of likely N-dealkylation sites (N-methyl/N-ethyl adjacent to an activating group) is 1. The Kier molecular flexibility index (Phi) is 23.9. The van der Waals surface area contributed by atoms with E-state index in [1.54, 1.807) is 34.6 Å². The van der Waals surface area contributed by atoms with Crippen LogP contribution in [0.2, 0.25) is 0 Å². The Balaban J connectivity index is 3.34. The molecule has 21 nitrogen and oxygen atoms in total. The number of guanidine groups is 1. The smallest absolute Gasteiger partial charge is 0.245 e. The Morgan fingerprint density at radius 2 is 1.15 bits per heavy atom. The number of nitrogens with one attached hydrogen (secondary N) is 7. The first kappa shape index (κ1) is 54.0. The topological polar surface area (TPSA) is 329 Å². The summed E-state index contributed by atoms with van der Waals surface area (Å²) >= 11 is 0. The number of nitrogens with two attached hydrogens (primary N) is 2. The van der Waals surface area contributed by atoms with E-state index >= 15 is 0 Å². The molecule has 1 aliphatic heterocycles. The third kappa shape index (κ3) is 17.5. The molecule has 0 aromatic carbocycles. The predicted molar refractivity (Wildman–Crippen MR) is 228 cm³/mol. The maximum absolute atomic E-state index is 14.1. The largest absolute Gasteiger partial charge is 0.391 e. The summed E-state index contributed by atoms with van der Waals surface area (Å²) < 4.78 is 0. The van der Waals surface area contributed by atoms with Gasteiger partial charge in [0.05, 0.1) is 12.2 Å². The van der Waals surface area contributed by atoms with Crippen molar-refractivity contribution in [3.63, 3.8) is 0 Å². The normalized spacial score (nSPS) is 18.5. The zero-order chi connectivity index (χ0) is 46.6. The summed E-state index contributed by atoms with van der Waals surface area (Å²) in [5, 5.41) is 39.0. The molecule has 1 heterocycles. The molecule has 1 rings (SSSR count). The van der Waals surface area contributed by atoms with Crippen LogP contribution in [0, 0.1) is 11.8 Å². The predicted octanol–water partition coefficient (Wildman–Crippen LogP) is -2.25. The van der Waals surface area contributed by atoms with E-state index < -0.39 is 108 Å². The zero-order valence-corrected chi connectivity index (χ0v) is 37.3. The van der Waals surface area contributed by atoms with Crippen LogP contribution in [0.25, 0.3) is 0 Å². The highest BCUT2D eigenvalue weighted by atomic mass is 16.3. The van der Waals surface area contributed by atoms with Gasteiger partial charge in [0.15, 0.2) is 5.96 Å². The molecule has 0 unspecified atom stereocenters. The summed E-state index contributed by atoms with van der Waals surface area (Å²) in [6, 6.07) is -8.42. The van der Waals surface area contributed by atoms with Crippen molar-refractivity contribution in [2.75, 3.05) is 19.6 Å². The summed E-state index contributed by atoms with van der Waals surface area (Å²) in [5.41, 5.74) is 10.9. The van der Waals surface area contributed by atoms with Gasteiger partial charge in [-0.1, -0.05) is 53.9 Å². The van der Waals surface area contributed by atoms with E-state index in [1.165, 1.54) is 25.7 Å². The van der Waals surface area contributed by atoms with Crippen LogP contribution in [0.1, 0.15) is 114 Å². The number of aliphatic hydroxyl groups is 2.